The smallest absolute Gasteiger partial charge is 0.305 e. The maximum atomic E-state index is 12.2. The molecule has 1 amide bonds. The summed E-state index contributed by atoms with van der Waals surface area (Å²) in [6.07, 6.45) is 2.51. The van der Waals surface area contributed by atoms with Gasteiger partial charge in [-0.2, -0.15) is 10.1 Å². The Balaban J connectivity index is 1.72. The standard InChI is InChI=1S/C18H16N4O2S/c1-2-12-5-7-13(8-6-12)11-19-22-17(23)15-10-14(20-18(24)21-15)16-4-3-9-25-16/h3-11H,2H2,1H3,(H,22,23)(H,20,21,24)/b19-11+. The Bertz CT molecular complexity index is 944. The number of hydrogen-bond donors (Lipinski definition) is 2. The number of aromatic nitrogens is 2. The van der Waals surface area contributed by atoms with E-state index < -0.39 is 11.6 Å². The average Bonchev–Trinajstić information content (AvgIpc) is 3.16. The van der Waals surface area contributed by atoms with Crippen molar-refractivity contribution < 1.29 is 4.79 Å². The van der Waals surface area contributed by atoms with E-state index in [1.165, 1.54) is 23.0 Å². The number of amides is 1. The van der Waals surface area contributed by atoms with Crippen LogP contribution in [-0.4, -0.2) is 22.1 Å². The normalized spacial score (nSPS) is 10.9. The van der Waals surface area contributed by atoms with Crippen molar-refractivity contribution in [3.05, 3.63) is 75.1 Å². The van der Waals surface area contributed by atoms with Crippen LogP contribution in [0.15, 0.2) is 57.7 Å². The van der Waals surface area contributed by atoms with Gasteiger partial charge in [0.1, 0.15) is 5.69 Å². The van der Waals surface area contributed by atoms with Crippen LogP contribution in [0.3, 0.4) is 0 Å². The van der Waals surface area contributed by atoms with Crippen LogP contribution in [0.4, 0.5) is 0 Å². The lowest BCUT2D eigenvalue weighted by atomic mass is 10.1. The van der Waals surface area contributed by atoms with Gasteiger partial charge in [0.2, 0.25) is 0 Å². The Kier molecular flexibility index (Phi) is 5.15. The molecule has 2 heterocycles. The zero-order valence-electron chi connectivity index (χ0n) is 13.5. The van der Waals surface area contributed by atoms with E-state index in [0.29, 0.717) is 5.69 Å². The quantitative estimate of drug-likeness (QED) is 0.547. The number of aromatic amines is 1. The molecule has 0 saturated carbocycles. The number of benzene rings is 1. The minimum Gasteiger partial charge on any atom is -0.305 e. The summed E-state index contributed by atoms with van der Waals surface area (Å²) < 4.78 is 0. The van der Waals surface area contributed by atoms with E-state index in [9.17, 15) is 9.59 Å². The molecule has 0 spiro atoms. The zero-order chi connectivity index (χ0) is 17.6. The topological polar surface area (TPSA) is 87.2 Å². The summed E-state index contributed by atoms with van der Waals surface area (Å²) in [6, 6.07) is 13.1. The highest BCUT2D eigenvalue weighted by Gasteiger charge is 2.10. The first kappa shape index (κ1) is 16.8. The lowest BCUT2D eigenvalue weighted by Crippen LogP contribution is -2.24. The molecule has 126 valence electrons. The molecule has 0 aliphatic carbocycles. The monoisotopic (exact) mass is 352 g/mol. The van der Waals surface area contributed by atoms with Crippen LogP contribution < -0.4 is 11.1 Å². The van der Waals surface area contributed by atoms with Crippen LogP contribution in [-0.2, 0) is 6.42 Å². The Hall–Kier alpha value is -3.06. The van der Waals surface area contributed by atoms with Gasteiger partial charge in [-0.3, -0.25) is 4.79 Å². The predicted octanol–water partition coefficient (Wildman–Crippen LogP) is 2.82. The van der Waals surface area contributed by atoms with Gasteiger partial charge in [-0.1, -0.05) is 37.3 Å². The first-order valence-corrected chi connectivity index (χ1v) is 8.61. The summed E-state index contributed by atoms with van der Waals surface area (Å²) in [5, 5.41) is 5.81. The van der Waals surface area contributed by atoms with Crippen molar-refractivity contribution in [3.8, 4) is 10.6 Å². The van der Waals surface area contributed by atoms with Gasteiger partial charge in [-0.05, 0) is 35.1 Å². The van der Waals surface area contributed by atoms with Crippen molar-refractivity contribution in [3.63, 3.8) is 0 Å². The maximum absolute atomic E-state index is 12.2. The summed E-state index contributed by atoms with van der Waals surface area (Å²) >= 11 is 1.46. The molecule has 0 radical (unpaired) electrons. The van der Waals surface area contributed by atoms with Crippen LogP contribution in [0, 0.1) is 0 Å². The number of thiophene rings is 1. The molecule has 2 N–H and O–H groups in total. The molecular formula is C18H16N4O2S. The minimum atomic E-state index is -0.574. The number of carbonyl (C=O) groups is 1. The van der Waals surface area contributed by atoms with E-state index in [4.69, 9.17) is 0 Å². The molecule has 3 rings (SSSR count). The number of nitrogens with one attached hydrogen (secondary N) is 2. The van der Waals surface area contributed by atoms with Crippen LogP contribution in [0.1, 0.15) is 28.5 Å². The Morgan fingerprint density at radius 2 is 2.12 bits per heavy atom. The van der Waals surface area contributed by atoms with Gasteiger partial charge in [-0.15, -0.1) is 11.3 Å². The summed E-state index contributed by atoms with van der Waals surface area (Å²) in [7, 11) is 0. The summed E-state index contributed by atoms with van der Waals surface area (Å²) in [4.78, 5) is 31.0. The van der Waals surface area contributed by atoms with E-state index in [0.717, 1.165) is 16.9 Å². The summed E-state index contributed by atoms with van der Waals surface area (Å²) in [5.41, 5.74) is 4.50. The van der Waals surface area contributed by atoms with Gasteiger partial charge in [0, 0.05) is 0 Å². The minimum absolute atomic E-state index is 0.0191. The third-order valence-electron chi connectivity index (χ3n) is 3.53. The molecule has 0 fully saturated rings. The Morgan fingerprint density at radius 1 is 1.32 bits per heavy atom. The molecule has 0 saturated heterocycles. The van der Waals surface area contributed by atoms with Crippen LogP contribution in [0.5, 0.6) is 0 Å². The van der Waals surface area contributed by atoms with E-state index in [1.54, 1.807) is 6.21 Å². The van der Waals surface area contributed by atoms with Gasteiger partial charge >= 0.3 is 5.69 Å². The van der Waals surface area contributed by atoms with E-state index in [-0.39, 0.29) is 5.69 Å². The van der Waals surface area contributed by atoms with Gasteiger partial charge in [-0.25, -0.2) is 10.2 Å². The van der Waals surface area contributed by atoms with Crippen molar-refractivity contribution in [1.82, 2.24) is 15.4 Å². The number of hydrogen-bond acceptors (Lipinski definition) is 5. The zero-order valence-corrected chi connectivity index (χ0v) is 14.3. The molecule has 25 heavy (non-hydrogen) atoms. The van der Waals surface area contributed by atoms with Crippen molar-refractivity contribution >= 4 is 23.5 Å². The highest BCUT2D eigenvalue weighted by molar-refractivity contribution is 7.13. The fraction of sp³-hybridized carbons (Fsp3) is 0.111. The molecule has 0 aliphatic rings. The first-order valence-electron chi connectivity index (χ1n) is 7.73. The highest BCUT2D eigenvalue weighted by Crippen LogP contribution is 2.21. The van der Waals surface area contributed by atoms with Gasteiger partial charge in [0.05, 0.1) is 16.8 Å². The number of hydrazone groups is 1. The highest BCUT2D eigenvalue weighted by atomic mass is 32.1. The first-order chi connectivity index (χ1) is 12.2. The molecule has 0 atom stereocenters. The summed E-state index contributed by atoms with van der Waals surface area (Å²) in [5.74, 6) is -0.537. The molecule has 7 heteroatoms. The van der Waals surface area contributed by atoms with E-state index >= 15 is 0 Å². The van der Waals surface area contributed by atoms with E-state index in [1.807, 2.05) is 41.8 Å². The number of nitrogens with zero attached hydrogens (tertiary/aromatic N) is 2. The number of H-pyrrole nitrogens is 1. The molecule has 2 aromatic heterocycles. The average molecular weight is 352 g/mol. The molecule has 6 nitrogen and oxygen atoms in total. The van der Waals surface area contributed by atoms with Gasteiger partial charge in [0.15, 0.2) is 0 Å². The number of rotatable bonds is 5. The van der Waals surface area contributed by atoms with Crippen LogP contribution in [0.25, 0.3) is 10.6 Å². The summed E-state index contributed by atoms with van der Waals surface area (Å²) in [6.45, 7) is 2.09. The van der Waals surface area contributed by atoms with Gasteiger partial charge in [0.25, 0.3) is 5.91 Å². The SMILES string of the molecule is CCc1ccc(/C=N/NC(=O)c2cc(-c3cccs3)[nH]c(=O)n2)cc1. The molecule has 0 aliphatic heterocycles. The second kappa shape index (κ2) is 7.67. The largest absolute Gasteiger partial charge is 0.346 e. The van der Waals surface area contributed by atoms with Crippen molar-refractivity contribution in [2.45, 2.75) is 13.3 Å². The van der Waals surface area contributed by atoms with Crippen molar-refractivity contribution in [1.29, 1.82) is 0 Å². The van der Waals surface area contributed by atoms with Crippen molar-refractivity contribution in [2.24, 2.45) is 5.10 Å². The second-order valence-corrected chi connectivity index (χ2v) is 6.20. The van der Waals surface area contributed by atoms with Crippen LogP contribution in [0.2, 0.25) is 0 Å². The predicted molar refractivity (Wildman–Crippen MR) is 99.1 cm³/mol. The molecule has 1 aromatic carbocycles. The molecular weight excluding hydrogens is 336 g/mol. The third kappa shape index (κ3) is 4.27. The van der Waals surface area contributed by atoms with Gasteiger partial charge < -0.3 is 4.98 Å². The maximum Gasteiger partial charge on any atom is 0.346 e. The van der Waals surface area contributed by atoms with E-state index in [2.05, 4.69) is 27.4 Å². The lowest BCUT2D eigenvalue weighted by Gasteiger charge is -2.02. The Labute approximate surface area is 148 Å². The Morgan fingerprint density at radius 3 is 2.80 bits per heavy atom. The fourth-order valence-electron chi connectivity index (χ4n) is 2.20. The molecule has 0 bridgehead atoms. The lowest BCUT2D eigenvalue weighted by molar-refractivity contribution is 0.0949. The number of carbonyl (C=O) groups excluding carboxylic acids is 1. The molecule has 3 aromatic rings. The molecule has 0 unspecified atom stereocenters. The third-order valence-corrected chi connectivity index (χ3v) is 4.43. The van der Waals surface area contributed by atoms with Crippen molar-refractivity contribution in [2.75, 3.05) is 0 Å². The second-order valence-electron chi connectivity index (χ2n) is 5.26. The number of aryl methyl sites for hydroxylation is 1. The van der Waals surface area contributed by atoms with Crippen LogP contribution >= 0.6 is 11.3 Å². The fourth-order valence-corrected chi connectivity index (χ4v) is 2.90.